The van der Waals surface area contributed by atoms with E-state index in [1.165, 1.54) is 5.56 Å². The standard InChI is InChI=1S/C11H16N2O/c1-8-4-3-5-10-11(8)14-7-9(13-10)6-12-2/h3-5,9,12-13H,6-7H2,1-2H3. The second-order valence-electron chi connectivity index (χ2n) is 3.66. The first-order valence-corrected chi connectivity index (χ1v) is 4.95. The molecule has 1 unspecified atom stereocenters. The number of fused-ring (bicyclic) bond motifs is 1. The first-order valence-electron chi connectivity index (χ1n) is 4.95. The molecular formula is C11H16N2O. The molecular weight excluding hydrogens is 176 g/mol. The fraction of sp³-hybridized carbons (Fsp3) is 0.455. The summed E-state index contributed by atoms with van der Waals surface area (Å²) in [6, 6.07) is 6.55. The molecule has 3 heteroatoms. The molecule has 1 aliphatic heterocycles. The Hall–Kier alpha value is -1.22. The SMILES string of the molecule is CNCC1COc2c(C)cccc2N1. The van der Waals surface area contributed by atoms with Gasteiger partial charge in [-0.3, -0.25) is 0 Å². The molecule has 3 nitrogen and oxygen atoms in total. The molecule has 0 saturated heterocycles. The van der Waals surface area contributed by atoms with Gasteiger partial charge < -0.3 is 15.4 Å². The molecule has 0 fully saturated rings. The highest BCUT2D eigenvalue weighted by atomic mass is 16.5. The topological polar surface area (TPSA) is 33.3 Å². The van der Waals surface area contributed by atoms with E-state index in [9.17, 15) is 0 Å². The number of anilines is 1. The molecule has 14 heavy (non-hydrogen) atoms. The van der Waals surface area contributed by atoms with Gasteiger partial charge in [-0.2, -0.15) is 0 Å². The van der Waals surface area contributed by atoms with Crippen molar-refractivity contribution >= 4 is 5.69 Å². The van der Waals surface area contributed by atoms with Crippen LogP contribution >= 0.6 is 0 Å². The van der Waals surface area contributed by atoms with E-state index in [1.54, 1.807) is 0 Å². The molecule has 1 aromatic carbocycles. The van der Waals surface area contributed by atoms with Crippen molar-refractivity contribution in [2.45, 2.75) is 13.0 Å². The van der Waals surface area contributed by atoms with Crippen LogP contribution < -0.4 is 15.4 Å². The molecule has 1 heterocycles. The van der Waals surface area contributed by atoms with Gasteiger partial charge in [0.25, 0.3) is 0 Å². The van der Waals surface area contributed by atoms with E-state index >= 15 is 0 Å². The van der Waals surface area contributed by atoms with E-state index < -0.39 is 0 Å². The predicted molar refractivity (Wildman–Crippen MR) is 58.0 cm³/mol. The van der Waals surface area contributed by atoms with Gasteiger partial charge in [0.05, 0.1) is 11.7 Å². The molecule has 0 bridgehead atoms. The molecule has 0 aromatic heterocycles. The summed E-state index contributed by atoms with van der Waals surface area (Å²) in [6.07, 6.45) is 0. The Morgan fingerprint density at radius 3 is 3.21 bits per heavy atom. The van der Waals surface area contributed by atoms with Gasteiger partial charge in [0.2, 0.25) is 0 Å². The van der Waals surface area contributed by atoms with E-state index in [0.29, 0.717) is 6.04 Å². The lowest BCUT2D eigenvalue weighted by Crippen LogP contribution is -2.39. The van der Waals surface area contributed by atoms with Crippen molar-refractivity contribution in [1.82, 2.24) is 5.32 Å². The van der Waals surface area contributed by atoms with Crippen LogP contribution in [0.1, 0.15) is 5.56 Å². The van der Waals surface area contributed by atoms with Crippen molar-refractivity contribution in [3.05, 3.63) is 23.8 Å². The Labute approximate surface area is 84.5 Å². The van der Waals surface area contributed by atoms with Crippen LogP contribution in [0.5, 0.6) is 5.75 Å². The molecule has 1 aromatic rings. The summed E-state index contributed by atoms with van der Waals surface area (Å²) in [5.74, 6) is 1.000. The molecule has 2 rings (SSSR count). The number of nitrogens with one attached hydrogen (secondary N) is 2. The number of aryl methyl sites for hydroxylation is 1. The number of hydrogen-bond acceptors (Lipinski definition) is 3. The maximum Gasteiger partial charge on any atom is 0.145 e. The van der Waals surface area contributed by atoms with Gasteiger partial charge in [-0.15, -0.1) is 0 Å². The zero-order valence-electron chi connectivity index (χ0n) is 8.63. The molecule has 0 spiro atoms. The van der Waals surface area contributed by atoms with Crippen LogP contribution in [0.3, 0.4) is 0 Å². The highest BCUT2D eigenvalue weighted by Crippen LogP contribution is 2.31. The number of likely N-dealkylation sites (N-methyl/N-ethyl adjacent to an activating group) is 1. The maximum atomic E-state index is 5.72. The highest BCUT2D eigenvalue weighted by molar-refractivity contribution is 5.61. The molecule has 76 valence electrons. The molecule has 1 atom stereocenters. The lowest BCUT2D eigenvalue weighted by Gasteiger charge is -2.28. The van der Waals surface area contributed by atoms with Crippen molar-refractivity contribution in [3.8, 4) is 5.75 Å². The van der Waals surface area contributed by atoms with Gasteiger partial charge in [0.15, 0.2) is 0 Å². The molecule has 0 aliphatic carbocycles. The third kappa shape index (κ3) is 1.68. The van der Waals surface area contributed by atoms with Crippen molar-refractivity contribution in [2.24, 2.45) is 0 Å². The van der Waals surface area contributed by atoms with Crippen LogP contribution in [-0.4, -0.2) is 26.2 Å². The fourth-order valence-corrected chi connectivity index (χ4v) is 1.76. The third-order valence-corrected chi connectivity index (χ3v) is 2.45. The first-order chi connectivity index (χ1) is 6.81. The van der Waals surface area contributed by atoms with E-state index in [4.69, 9.17) is 4.74 Å². The molecule has 1 aliphatic rings. The Bertz CT molecular complexity index is 325. The van der Waals surface area contributed by atoms with Crippen LogP contribution in [0, 0.1) is 6.92 Å². The fourth-order valence-electron chi connectivity index (χ4n) is 1.76. The largest absolute Gasteiger partial charge is 0.489 e. The number of ether oxygens (including phenoxy) is 1. The van der Waals surface area contributed by atoms with Crippen LogP contribution in [-0.2, 0) is 0 Å². The van der Waals surface area contributed by atoms with Gasteiger partial charge >= 0.3 is 0 Å². The van der Waals surface area contributed by atoms with Gasteiger partial charge in [-0.05, 0) is 25.6 Å². The van der Waals surface area contributed by atoms with Crippen LogP contribution in [0.4, 0.5) is 5.69 Å². The minimum atomic E-state index is 0.370. The Morgan fingerprint density at radius 2 is 2.43 bits per heavy atom. The lowest BCUT2D eigenvalue weighted by atomic mass is 10.1. The lowest BCUT2D eigenvalue weighted by molar-refractivity contribution is 0.280. The Balaban J connectivity index is 2.18. The summed E-state index contributed by atoms with van der Waals surface area (Å²) in [7, 11) is 1.95. The summed E-state index contributed by atoms with van der Waals surface area (Å²) in [5, 5.41) is 6.59. The number of rotatable bonds is 2. The van der Waals surface area contributed by atoms with E-state index in [0.717, 1.165) is 24.6 Å². The third-order valence-electron chi connectivity index (χ3n) is 2.45. The smallest absolute Gasteiger partial charge is 0.145 e. The van der Waals surface area contributed by atoms with Crippen LogP contribution in [0.25, 0.3) is 0 Å². The summed E-state index contributed by atoms with van der Waals surface area (Å²) in [5.41, 5.74) is 2.30. The second-order valence-corrected chi connectivity index (χ2v) is 3.66. The first kappa shape index (κ1) is 9.34. The minimum Gasteiger partial charge on any atom is -0.489 e. The average Bonchev–Trinajstić information content (AvgIpc) is 2.18. The van der Waals surface area contributed by atoms with Gasteiger partial charge in [0.1, 0.15) is 12.4 Å². The van der Waals surface area contributed by atoms with Gasteiger partial charge in [-0.25, -0.2) is 0 Å². The number of para-hydroxylation sites is 1. The summed E-state index contributed by atoms with van der Waals surface area (Å²) in [6.45, 7) is 3.73. The average molecular weight is 192 g/mol. The number of hydrogen-bond donors (Lipinski definition) is 2. The van der Waals surface area contributed by atoms with Crippen molar-refractivity contribution in [1.29, 1.82) is 0 Å². The Kier molecular flexibility index (Phi) is 2.59. The number of benzene rings is 1. The van der Waals surface area contributed by atoms with Crippen molar-refractivity contribution in [3.63, 3.8) is 0 Å². The maximum absolute atomic E-state index is 5.72. The summed E-state index contributed by atoms with van der Waals surface area (Å²) < 4.78 is 5.72. The summed E-state index contributed by atoms with van der Waals surface area (Å²) >= 11 is 0. The van der Waals surface area contributed by atoms with Crippen LogP contribution in [0.15, 0.2) is 18.2 Å². The van der Waals surface area contributed by atoms with Crippen molar-refractivity contribution < 1.29 is 4.74 Å². The predicted octanol–water partition coefficient (Wildman–Crippen LogP) is 1.39. The highest BCUT2D eigenvalue weighted by Gasteiger charge is 2.18. The monoisotopic (exact) mass is 192 g/mol. The zero-order valence-corrected chi connectivity index (χ0v) is 8.63. The van der Waals surface area contributed by atoms with Crippen LogP contribution in [0.2, 0.25) is 0 Å². The second kappa shape index (κ2) is 3.88. The van der Waals surface area contributed by atoms with Crippen molar-refractivity contribution in [2.75, 3.05) is 25.5 Å². The van der Waals surface area contributed by atoms with E-state index in [1.807, 2.05) is 13.1 Å². The van der Waals surface area contributed by atoms with E-state index in [-0.39, 0.29) is 0 Å². The molecule has 0 radical (unpaired) electrons. The quantitative estimate of drug-likeness (QED) is 0.743. The minimum absolute atomic E-state index is 0.370. The zero-order chi connectivity index (χ0) is 9.97. The molecule has 0 amide bonds. The van der Waals surface area contributed by atoms with E-state index in [2.05, 4.69) is 29.7 Å². The van der Waals surface area contributed by atoms with Gasteiger partial charge in [0, 0.05) is 6.54 Å². The Morgan fingerprint density at radius 1 is 1.57 bits per heavy atom. The summed E-state index contributed by atoms with van der Waals surface area (Å²) in [4.78, 5) is 0. The van der Waals surface area contributed by atoms with Gasteiger partial charge in [-0.1, -0.05) is 12.1 Å². The molecule has 0 saturated carbocycles. The normalized spacial score (nSPS) is 19.4. The molecule has 2 N–H and O–H groups in total.